The third kappa shape index (κ3) is 5.03. The SMILES string of the molecule is Cc1cc(C)c(CN(C(=O)c2cc(-c3ccc(C4CCNCC4)nc3)cc3[nH]cc(C)c23)C(C)C)c(=O)[nH]1. The van der Waals surface area contributed by atoms with Crippen LogP contribution in [0.3, 0.4) is 0 Å². The van der Waals surface area contributed by atoms with Crippen LogP contribution in [0.25, 0.3) is 22.0 Å². The fourth-order valence-electron chi connectivity index (χ4n) is 5.60. The van der Waals surface area contributed by atoms with Crippen LogP contribution in [0.2, 0.25) is 0 Å². The van der Waals surface area contributed by atoms with Gasteiger partial charge in [0.25, 0.3) is 11.5 Å². The first-order valence-electron chi connectivity index (χ1n) is 13.5. The number of aryl methyl sites for hydroxylation is 3. The Morgan fingerprint density at radius 2 is 1.82 bits per heavy atom. The number of fused-ring (bicyclic) bond motifs is 1. The number of benzene rings is 1. The van der Waals surface area contributed by atoms with Crippen LogP contribution < -0.4 is 10.9 Å². The smallest absolute Gasteiger partial charge is 0.255 e. The summed E-state index contributed by atoms with van der Waals surface area (Å²) in [6.45, 7) is 12.1. The maximum absolute atomic E-state index is 14.2. The van der Waals surface area contributed by atoms with Gasteiger partial charge in [-0.1, -0.05) is 6.07 Å². The maximum Gasteiger partial charge on any atom is 0.255 e. The number of pyridine rings is 2. The molecule has 4 heterocycles. The number of rotatable bonds is 6. The summed E-state index contributed by atoms with van der Waals surface area (Å²) in [7, 11) is 0. The van der Waals surface area contributed by atoms with Gasteiger partial charge in [-0.2, -0.15) is 0 Å². The van der Waals surface area contributed by atoms with Crippen molar-refractivity contribution in [2.45, 2.75) is 66.0 Å². The fourth-order valence-corrected chi connectivity index (χ4v) is 5.60. The van der Waals surface area contributed by atoms with Crippen LogP contribution in [0.15, 0.2) is 47.5 Å². The van der Waals surface area contributed by atoms with Crippen molar-refractivity contribution in [3.63, 3.8) is 0 Å². The van der Waals surface area contributed by atoms with Crippen molar-refractivity contribution >= 4 is 16.8 Å². The van der Waals surface area contributed by atoms with E-state index in [0.29, 0.717) is 17.0 Å². The van der Waals surface area contributed by atoms with Crippen LogP contribution >= 0.6 is 0 Å². The minimum Gasteiger partial charge on any atom is -0.361 e. The predicted octanol–water partition coefficient (Wildman–Crippen LogP) is 5.36. The predicted molar refractivity (Wildman–Crippen MR) is 153 cm³/mol. The summed E-state index contributed by atoms with van der Waals surface area (Å²) >= 11 is 0. The van der Waals surface area contributed by atoms with Gasteiger partial charge in [0, 0.05) is 63.3 Å². The van der Waals surface area contributed by atoms with Crippen molar-refractivity contribution in [2.24, 2.45) is 0 Å². The highest BCUT2D eigenvalue weighted by molar-refractivity contribution is 6.09. The summed E-state index contributed by atoms with van der Waals surface area (Å²) in [5.41, 5.74) is 7.80. The number of carbonyl (C=O) groups is 1. The molecule has 1 saturated heterocycles. The molecular formula is C31H37N5O2. The first kappa shape index (κ1) is 25.9. The van der Waals surface area contributed by atoms with Gasteiger partial charge in [0.2, 0.25) is 0 Å². The number of aromatic nitrogens is 3. The summed E-state index contributed by atoms with van der Waals surface area (Å²) in [5, 5.41) is 4.33. The van der Waals surface area contributed by atoms with E-state index in [9.17, 15) is 9.59 Å². The molecule has 1 aromatic carbocycles. The number of H-pyrrole nitrogens is 2. The number of nitrogens with zero attached hydrogens (tertiary/aromatic N) is 2. The Morgan fingerprint density at radius 3 is 2.47 bits per heavy atom. The molecule has 3 aromatic heterocycles. The minimum atomic E-state index is -0.141. The zero-order valence-electron chi connectivity index (χ0n) is 22.9. The first-order valence-corrected chi connectivity index (χ1v) is 13.5. The molecule has 7 heteroatoms. The number of hydrogen-bond acceptors (Lipinski definition) is 4. The molecular weight excluding hydrogens is 474 g/mol. The Balaban J connectivity index is 1.53. The van der Waals surface area contributed by atoms with Gasteiger partial charge < -0.3 is 20.2 Å². The molecule has 4 aromatic rings. The van der Waals surface area contributed by atoms with Crippen molar-refractivity contribution in [3.05, 3.63) is 86.7 Å². The van der Waals surface area contributed by atoms with Crippen LogP contribution in [-0.2, 0) is 6.54 Å². The Hall–Kier alpha value is -3.71. The number of nitrogens with one attached hydrogen (secondary N) is 3. The lowest BCUT2D eigenvalue weighted by molar-refractivity contribution is 0.0691. The summed E-state index contributed by atoms with van der Waals surface area (Å²) < 4.78 is 0. The Morgan fingerprint density at radius 1 is 1.05 bits per heavy atom. The Labute approximate surface area is 223 Å². The third-order valence-corrected chi connectivity index (χ3v) is 7.79. The van der Waals surface area contributed by atoms with E-state index in [4.69, 9.17) is 4.98 Å². The highest BCUT2D eigenvalue weighted by atomic mass is 16.2. The van der Waals surface area contributed by atoms with Crippen molar-refractivity contribution in [3.8, 4) is 11.1 Å². The standard InChI is InChI=1S/C31H37N5O2/c1-18(2)36(17-26-19(3)12-21(5)35-30(26)37)31(38)25-13-24(14-28-29(25)20(4)15-33-28)23-6-7-27(34-16-23)22-8-10-32-11-9-22/h6-7,12-16,18,22,32-33H,8-11,17H2,1-5H3,(H,35,37). The summed E-state index contributed by atoms with van der Waals surface area (Å²) in [6, 6.07) is 10.2. The highest BCUT2D eigenvalue weighted by Crippen LogP contribution is 2.32. The van der Waals surface area contributed by atoms with E-state index in [0.717, 1.165) is 70.5 Å². The van der Waals surface area contributed by atoms with Gasteiger partial charge in [-0.25, -0.2) is 0 Å². The van der Waals surface area contributed by atoms with E-state index >= 15 is 0 Å². The van der Waals surface area contributed by atoms with E-state index in [1.807, 2.05) is 59.1 Å². The van der Waals surface area contributed by atoms with Gasteiger partial charge in [0.15, 0.2) is 0 Å². The number of piperidine rings is 1. The molecule has 0 unspecified atom stereocenters. The molecule has 1 aliphatic heterocycles. The highest BCUT2D eigenvalue weighted by Gasteiger charge is 2.25. The molecule has 198 valence electrons. The summed E-state index contributed by atoms with van der Waals surface area (Å²) in [5.74, 6) is 0.400. The van der Waals surface area contributed by atoms with E-state index in [2.05, 4.69) is 33.5 Å². The number of carbonyl (C=O) groups excluding carboxylic acids is 1. The van der Waals surface area contributed by atoms with Crippen LogP contribution in [0.5, 0.6) is 0 Å². The van der Waals surface area contributed by atoms with Crippen LogP contribution in [0, 0.1) is 20.8 Å². The summed E-state index contributed by atoms with van der Waals surface area (Å²) in [4.78, 5) is 39.8. The molecule has 1 amide bonds. The quantitative estimate of drug-likeness (QED) is 0.325. The van der Waals surface area contributed by atoms with Crippen molar-refractivity contribution < 1.29 is 4.79 Å². The lowest BCUT2D eigenvalue weighted by atomic mass is 9.93. The number of hydrogen-bond donors (Lipinski definition) is 3. The molecule has 0 atom stereocenters. The van der Waals surface area contributed by atoms with Crippen LogP contribution in [0.4, 0.5) is 0 Å². The molecule has 5 rings (SSSR count). The molecule has 0 aliphatic carbocycles. The van der Waals surface area contributed by atoms with Crippen molar-refractivity contribution in [1.82, 2.24) is 25.2 Å². The fraction of sp³-hybridized carbons (Fsp3) is 0.387. The molecule has 0 spiro atoms. The lowest BCUT2D eigenvalue weighted by Gasteiger charge is -2.28. The van der Waals surface area contributed by atoms with Crippen LogP contribution in [-0.4, -0.2) is 44.9 Å². The molecule has 1 aliphatic rings. The molecule has 7 nitrogen and oxygen atoms in total. The van der Waals surface area contributed by atoms with Gasteiger partial charge in [-0.05, 0) is 102 Å². The average molecular weight is 512 g/mol. The largest absolute Gasteiger partial charge is 0.361 e. The number of amides is 1. The molecule has 1 fully saturated rings. The van der Waals surface area contributed by atoms with Gasteiger partial charge in [-0.3, -0.25) is 14.6 Å². The monoisotopic (exact) mass is 511 g/mol. The third-order valence-electron chi connectivity index (χ3n) is 7.79. The Kier molecular flexibility index (Phi) is 7.21. The van der Waals surface area contributed by atoms with Gasteiger partial charge in [0.1, 0.15) is 0 Å². The molecule has 0 saturated carbocycles. The zero-order valence-corrected chi connectivity index (χ0v) is 22.9. The van der Waals surface area contributed by atoms with Crippen molar-refractivity contribution in [2.75, 3.05) is 13.1 Å². The van der Waals surface area contributed by atoms with E-state index in [1.165, 1.54) is 0 Å². The second-order valence-electron chi connectivity index (χ2n) is 10.9. The lowest BCUT2D eigenvalue weighted by Crippen LogP contribution is -2.38. The van der Waals surface area contributed by atoms with Crippen LogP contribution in [0.1, 0.15) is 71.0 Å². The minimum absolute atomic E-state index is 0.0896. The zero-order chi connectivity index (χ0) is 27.0. The first-order chi connectivity index (χ1) is 18.2. The maximum atomic E-state index is 14.2. The van der Waals surface area contributed by atoms with E-state index < -0.39 is 0 Å². The van der Waals surface area contributed by atoms with Gasteiger partial charge >= 0.3 is 0 Å². The summed E-state index contributed by atoms with van der Waals surface area (Å²) in [6.07, 6.45) is 6.08. The second kappa shape index (κ2) is 10.6. The van der Waals surface area contributed by atoms with Gasteiger partial charge in [-0.15, -0.1) is 0 Å². The van der Waals surface area contributed by atoms with Crippen molar-refractivity contribution in [1.29, 1.82) is 0 Å². The van der Waals surface area contributed by atoms with E-state index in [1.54, 1.807) is 4.90 Å². The average Bonchev–Trinajstić information content (AvgIpc) is 3.28. The Bertz CT molecular complexity index is 1520. The molecule has 3 N–H and O–H groups in total. The normalized spacial score (nSPS) is 14.4. The molecule has 0 bridgehead atoms. The van der Waals surface area contributed by atoms with E-state index in [-0.39, 0.29) is 24.1 Å². The second-order valence-corrected chi connectivity index (χ2v) is 10.9. The number of aromatic amines is 2. The van der Waals surface area contributed by atoms with Gasteiger partial charge in [0.05, 0.1) is 6.54 Å². The molecule has 38 heavy (non-hydrogen) atoms. The molecule has 0 radical (unpaired) electrons. The topological polar surface area (TPSA) is 93.9 Å².